The van der Waals surface area contributed by atoms with E-state index in [-0.39, 0.29) is 12.4 Å². The summed E-state index contributed by atoms with van der Waals surface area (Å²) in [5.41, 5.74) is 2.00. The summed E-state index contributed by atoms with van der Waals surface area (Å²) in [6, 6.07) is 5.05. The number of aromatic nitrogens is 2. The molecule has 0 bridgehead atoms. The quantitative estimate of drug-likeness (QED) is 0.881. The van der Waals surface area contributed by atoms with Crippen LogP contribution in [0.15, 0.2) is 18.2 Å². The fraction of sp³-hybridized carbons (Fsp3) is 0.429. The van der Waals surface area contributed by atoms with E-state index in [0.717, 1.165) is 16.9 Å². The van der Waals surface area contributed by atoms with Crippen molar-refractivity contribution in [1.82, 2.24) is 9.97 Å². The first kappa shape index (κ1) is 13.9. The molecule has 0 spiro atoms. The Kier molecular flexibility index (Phi) is 4.10. The summed E-state index contributed by atoms with van der Waals surface area (Å²) < 4.78 is 0. The van der Waals surface area contributed by atoms with Crippen molar-refractivity contribution in [3.8, 4) is 0 Å². The average Bonchev–Trinajstić information content (AvgIpc) is 2.82. The lowest BCUT2D eigenvalue weighted by molar-refractivity contribution is 0.0697. The SMILES string of the molecule is Cl.O=C(O)c1ccc2nc(C3CCCCC3)[nH]c2c1. The van der Waals surface area contributed by atoms with Gasteiger partial charge in [-0.05, 0) is 31.0 Å². The molecule has 0 atom stereocenters. The topological polar surface area (TPSA) is 66.0 Å². The van der Waals surface area contributed by atoms with Gasteiger partial charge in [0.15, 0.2) is 0 Å². The Hall–Kier alpha value is -1.55. The number of hydrogen-bond donors (Lipinski definition) is 2. The summed E-state index contributed by atoms with van der Waals surface area (Å²) >= 11 is 0. The number of carbonyl (C=O) groups is 1. The lowest BCUT2D eigenvalue weighted by Gasteiger charge is -2.18. The third-order valence-electron chi connectivity index (χ3n) is 3.74. The van der Waals surface area contributed by atoms with Gasteiger partial charge in [0.25, 0.3) is 0 Å². The number of benzene rings is 1. The summed E-state index contributed by atoms with van der Waals surface area (Å²) in [7, 11) is 0. The van der Waals surface area contributed by atoms with Crippen LogP contribution in [0, 0.1) is 0 Å². The highest BCUT2D eigenvalue weighted by atomic mass is 35.5. The Morgan fingerprint density at radius 2 is 2.00 bits per heavy atom. The molecule has 1 aromatic heterocycles. The third-order valence-corrected chi connectivity index (χ3v) is 3.74. The summed E-state index contributed by atoms with van der Waals surface area (Å²) in [4.78, 5) is 18.8. The van der Waals surface area contributed by atoms with E-state index in [4.69, 9.17) is 5.11 Å². The van der Waals surface area contributed by atoms with E-state index in [1.54, 1.807) is 18.2 Å². The number of nitrogens with one attached hydrogen (secondary N) is 1. The van der Waals surface area contributed by atoms with Crippen molar-refractivity contribution in [3.63, 3.8) is 0 Å². The van der Waals surface area contributed by atoms with Gasteiger partial charge in [-0.25, -0.2) is 9.78 Å². The van der Waals surface area contributed by atoms with Crippen molar-refractivity contribution >= 4 is 29.4 Å². The molecule has 1 heterocycles. The first-order valence-electron chi connectivity index (χ1n) is 6.47. The zero-order valence-electron chi connectivity index (χ0n) is 10.6. The molecule has 102 valence electrons. The highest BCUT2D eigenvalue weighted by Crippen LogP contribution is 2.32. The van der Waals surface area contributed by atoms with Crippen molar-refractivity contribution in [2.75, 3.05) is 0 Å². The first-order valence-corrected chi connectivity index (χ1v) is 6.47. The lowest BCUT2D eigenvalue weighted by atomic mass is 9.89. The van der Waals surface area contributed by atoms with Crippen LogP contribution in [0.2, 0.25) is 0 Å². The lowest BCUT2D eigenvalue weighted by Crippen LogP contribution is -2.05. The normalized spacial score (nSPS) is 16.2. The van der Waals surface area contributed by atoms with Crippen LogP contribution in [-0.2, 0) is 0 Å². The maximum Gasteiger partial charge on any atom is 0.335 e. The Morgan fingerprint density at radius 3 is 2.68 bits per heavy atom. The second kappa shape index (κ2) is 5.61. The molecule has 2 aromatic rings. The van der Waals surface area contributed by atoms with E-state index in [0.29, 0.717) is 11.5 Å². The van der Waals surface area contributed by atoms with Crippen LogP contribution >= 0.6 is 12.4 Å². The van der Waals surface area contributed by atoms with Crippen LogP contribution in [0.3, 0.4) is 0 Å². The van der Waals surface area contributed by atoms with Gasteiger partial charge in [-0.1, -0.05) is 19.3 Å². The highest BCUT2D eigenvalue weighted by molar-refractivity contribution is 5.92. The number of fused-ring (bicyclic) bond motifs is 1. The molecule has 1 aliphatic rings. The van der Waals surface area contributed by atoms with Gasteiger partial charge in [0.1, 0.15) is 5.82 Å². The summed E-state index contributed by atoms with van der Waals surface area (Å²) in [6.07, 6.45) is 6.22. The Labute approximate surface area is 117 Å². The van der Waals surface area contributed by atoms with E-state index in [1.165, 1.54) is 32.1 Å². The van der Waals surface area contributed by atoms with Crippen LogP contribution in [0.25, 0.3) is 11.0 Å². The molecule has 0 saturated heterocycles. The minimum atomic E-state index is -0.897. The average molecular weight is 281 g/mol. The van der Waals surface area contributed by atoms with Gasteiger partial charge in [-0.3, -0.25) is 0 Å². The van der Waals surface area contributed by atoms with Crippen molar-refractivity contribution in [1.29, 1.82) is 0 Å². The molecule has 2 N–H and O–H groups in total. The molecule has 1 aliphatic carbocycles. The molecular weight excluding hydrogens is 264 g/mol. The zero-order valence-corrected chi connectivity index (χ0v) is 11.4. The van der Waals surface area contributed by atoms with E-state index < -0.39 is 5.97 Å². The monoisotopic (exact) mass is 280 g/mol. The number of halogens is 1. The molecule has 0 radical (unpaired) electrons. The number of aromatic amines is 1. The largest absolute Gasteiger partial charge is 0.478 e. The van der Waals surface area contributed by atoms with Gasteiger partial charge in [-0.15, -0.1) is 12.4 Å². The number of nitrogens with zero attached hydrogens (tertiary/aromatic N) is 1. The molecule has 19 heavy (non-hydrogen) atoms. The molecule has 0 aliphatic heterocycles. The van der Waals surface area contributed by atoms with E-state index in [9.17, 15) is 4.79 Å². The third kappa shape index (κ3) is 2.73. The zero-order chi connectivity index (χ0) is 12.5. The standard InChI is InChI=1S/C14H16N2O2.ClH/c17-14(18)10-6-7-11-12(8-10)16-13(15-11)9-4-2-1-3-5-9;/h6-9H,1-5H2,(H,15,16)(H,17,18);1H. The fourth-order valence-corrected chi connectivity index (χ4v) is 2.73. The Bertz CT molecular complexity index is 588. The van der Waals surface area contributed by atoms with Crippen LogP contribution in [-0.4, -0.2) is 21.0 Å². The number of carboxylic acid groups (broad SMARTS) is 1. The minimum Gasteiger partial charge on any atom is -0.478 e. The van der Waals surface area contributed by atoms with Gasteiger partial charge >= 0.3 is 5.97 Å². The maximum absolute atomic E-state index is 10.9. The van der Waals surface area contributed by atoms with Gasteiger partial charge in [-0.2, -0.15) is 0 Å². The van der Waals surface area contributed by atoms with Crippen LogP contribution in [0.5, 0.6) is 0 Å². The second-order valence-electron chi connectivity index (χ2n) is 4.99. The summed E-state index contributed by atoms with van der Waals surface area (Å²) in [6.45, 7) is 0. The predicted octanol–water partition coefficient (Wildman–Crippen LogP) is 3.73. The number of H-pyrrole nitrogens is 1. The van der Waals surface area contributed by atoms with Crippen molar-refractivity contribution < 1.29 is 9.90 Å². The molecular formula is C14H17ClN2O2. The van der Waals surface area contributed by atoms with Crippen molar-refractivity contribution in [2.45, 2.75) is 38.0 Å². The number of rotatable bonds is 2. The van der Waals surface area contributed by atoms with Crippen LogP contribution in [0.4, 0.5) is 0 Å². The number of aromatic carboxylic acids is 1. The van der Waals surface area contributed by atoms with Crippen molar-refractivity contribution in [3.05, 3.63) is 29.6 Å². The van der Waals surface area contributed by atoms with Gasteiger partial charge in [0, 0.05) is 5.92 Å². The second-order valence-corrected chi connectivity index (χ2v) is 4.99. The van der Waals surface area contributed by atoms with Gasteiger partial charge < -0.3 is 10.1 Å². The van der Waals surface area contributed by atoms with Crippen molar-refractivity contribution in [2.24, 2.45) is 0 Å². The molecule has 0 unspecified atom stereocenters. The molecule has 1 saturated carbocycles. The fourth-order valence-electron chi connectivity index (χ4n) is 2.73. The maximum atomic E-state index is 10.9. The molecule has 3 rings (SSSR count). The Balaban J connectivity index is 0.00000133. The van der Waals surface area contributed by atoms with E-state index in [1.807, 2.05) is 0 Å². The van der Waals surface area contributed by atoms with E-state index >= 15 is 0 Å². The highest BCUT2D eigenvalue weighted by Gasteiger charge is 2.19. The number of hydrogen-bond acceptors (Lipinski definition) is 2. The molecule has 0 amide bonds. The smallest absolute Gasteiger partial charge is 0.335 e. The van der Waals surface area contributed by atoms with E-state index in [2.05, 4.69) is 9.97 Å². The minimum absolute atomic E-state index is 0. The summed E-state index contributed by atoms with van der Waals surface area (Å²) in [5, 5.41) is 8.97. The number of carboxylic acids is 1. The van der Waals surface area contributed by atoms with Gasteiger partial charge in [0.2, 0.25) is 0 Å². The predicted molar refractivity (Wildman–Crippen MR) is 76.1 cm³/mol. The molecule has 4 nitrogen and oxygen atoms in total. The first-order chi connectivity index (χ1) is 8.74. The van der Waals surface area contributed by atoms with Crippen LogP contribution in [0.1, 0.15) is 54.2 Å². The molecule has 5 heteroatoms. The molecule has 1 aromatic carbocycles. The number of imidazole rings is 1. The summed E-state index contributed by atoms with van der Waals surface area (Å²) in [5.74, 6) is 0.636. The molecule has 1 fully saturated rings. The van der Waals surface area contributed by atoms with Crippen LogP contribution < -0.4 is 0 Å². The van der Waals surface area contributed by atoms with Gasteiger partial charge in [0.05, 0.1) is 16.6 Å². The Morgan fingerprint density at radius 1 is 1.26 bits per heavy atom.